The van der Waals surface area contributed by atoms with Crippen LogP contribution in [0.15, 0.2) is 30.3 Å². The number of hydrogen-bond donors (Lipinski definition) is 1. The molecule has 1 N–H and O–H groups in total. The summed E-state index contributed by atoms with van der Waals surface area (Å²) in [5.74, 6) is 0.0243. The van der Waals surface area contributed by atoms with Crippen LogP contribution in [0.5, 0.6) is 0 Å². The van der Waals surface area contributed by atoms with Gasteiger partial charge in [-0.2, -0.15) is 0 Å². The van der Waals surface area contributed by atoms with E-state index in [-0.39, 0.29) is 5.91 Å². The molecule has 20 heavy (non-hydrogen) atoms. The summed E-state index contributed by atoms with van der Waals surface area (Å²) in [7, 11) is 3.53. The van der Waals surface area contributed by atoms with Gasteiger partial charge in [-0.15, -0.1) is 11.3 Å². The zero-order chi connectivity index (χ0) is 14.7. The molecule has 0 bridgehead atoms. The molecule has 0 saturated heterocycles. The third kappa shape index (κ3) is 3.39. The maximum absolute atomic E-state index is 11.9. The van der Waals surface area contributed by atoms with Gasteiger partial charge in [0.05, 0.1) is 0 Å². The van der Waals surface area contributed by atoms with E-state index < -0.39 is 0 Å². The van der Waals surface area contributed by atoms with E-state index in [1.54, 1.807) is 19.0 Å². The van der Waals surface area contributed by atoms with Crippen molar-refractivity contribution in [1.82, 2.24) is 4.90 Å². The van der Waals surface area contributed by atoms with Crippen molar-refractivity contribution in [1.29, 1.82) is 0 Å². The topological polar surface area (TPSA) is 32.3 Å². The average Bonchev–Trinajstić information content (AvgIpc) is 2.74. The van der Waals surface area contributed by atoms with E-state index in [0.717, 1.165) is 12.2 Å². The number of carbonyl (C=O) groups excluding carboxylic acids is 1. The van der Waals surface area contributed by atoms with Gasteiger partial charge in [-0.05, 0) is 43.7 Å². The van der Waals surface area contributed by atoms with Crippen LogP contribution in [0.25, 0.3) is 0 Å². The van der Waals surface area contributed by atoms with Gasteiger partial charge in [0.1, 0.15) is 0 Å². The zero-order valence-corrected chi connectivity index (χ0v) is 13.2. The van der Waals surface area contributed by atoms with Crippen LogP contribution in [0.2, 0.25) is 0 Å². The van der Waals surface area contributed by atoms with Gasteiger partial charge in [0.25, 0.3) is 5.91 Å². The van der Waals surface area contributed by atoms with E-state index in [4.69, 9.17) is 0 Å². The Morgan fingerprint density at radius 1 is 1.25 bits per heavy atom. The first-order chi connectivity index (χ1) is 9.47. The van der Waals surface area contributed by atoms with Gasteiger partial charge in [-0.1, -0.05) is 6.07 Å². The van der Waals surface area contributed by atoms with Crippen molar-refractivity contribution in [3.63, 3.8) is 0 Å². The lowest BCUT2D eigenvalue weighted by atomic mass is 10.1. The number of amides is 1. The van der Waals surface area contributed by atoms with Gasteiger partial charge in [-0.25, -0.2) is 0 Å². The van der Waals surface area contributed by atoms with E-state index in [2.05, 4.69) is 25.2 Å². The Labute approximate surface area is 124 Å². The molecule has 0 atom stereocenters. The fourth-order valence-electron chi connectivity index (χ4n) is 2.08. The molecule has 106 valence electrons. The number of rotatable bonds is 4. The fourth-order valence-corrected chi connectivity index (χ4v) is 3.02. The lowest BCUT2D eigenvalue weighted by Gasteiger charge is -2.12. The van der Waals surface area contributed by atoms with Crippen LogP contribution < -0.4 is 5.32 Å². The maximum Gasteiger partial charge on any atom is 0.253 e. The minimum Gasteiger partial charge on any atom is -0.381 e. The quantitative estimate of drug-likeness (QED) is 0.931. The van der Waals surface area contributed by atoms with Gasteiger partial charge < -0.3 is 10.2 Å². The second-order valence-electron chi connectivity index (χ2n) is 5.07. The largest absolute Gasteiger partial charge is 0.381 e. The van der Waals surface area contributed by atoms with Gasteiger partial charge in [0.15, 0.2) is 0 Å². The molecular formula is C16H20N2OS. The summed E-state index contributed by atoms with van der Waals surface area (Å²) in [6.45, 7) is 5.05. The van der Waals surface area contributed by atoms with Crippen LogP contribution in [-0.2, 0) is 6.54 Å². The monoisotopic (exact) mass is 288 g/mol. The molecule has 0 aliphatic carbocycles. The van der Waals surface area contributed by atoms with Crippen molar-refractivity contribution in [2.75, 3.05) is 19.4 Å². The van der Waals surface area contributed by atoms with Crippen LogP contribution >= 0.6 is 11.3 Å². The Morgan fingerprint density at radius 2 is 2.00 bits per heavy atom. The summed E-state index contributed by atoms with van der Waals surface area (Å²) in [4.78, 5) is 16.2. The summed E-state index contributed by atoms with van der Waals surface area (Å²) in [6, 6.07) is 9.85. The highest BCUT2D eigenvalue weighted by atomic mass is 32.1. The predicted molar refractivity (Wildman–Crippen MR) is 85.6 cm³/mol. The molecule has 0 saturated carbocycles. The maximum atomic E-state index is 11.9. The Balaban J connectivity index is 2.09. The Kier molecular flexibility index (Phi) is 4.45. The van der Waals surface area contributed by atoms with Crippen molar-refractivity contribution in [2.45, 2.75) is 20.4 Å². The van der Waals surface area contributed by atoms with Crippen LogP contribution in [-0.4, -0.2) is 24.9 Å². The third-order valence-electron chi connectivity index (χ3n) is 3.14. The molecule has 2 rings (SSSR count). The highest BCUT2D eigenvalue weighted by molar-refractivity contribution is 7.12. The first kappa shape index (κ1) is 14.6. The SMILES string of the molecule is Cc1cc(CNc2cccc(C(=O)N(C)C)c2)c(C)s1. The summed E-state index contributed by atoms with van der Waals surface area (Å²) in [5.41, 5.74) is 3.00. The number of nitrogens with one attached hydrogen (secondary N) is 1. The predicted octanol–water partition coefficient (Wildman–Crippen LogP) is 3.68. The van der Waals surface area contributed by atoms with Gasteiger partial charge in [-0.3, -0.25) is 4.79 Å². The van der Waals surface area contributed by atoms with Crippen molar-refractivity contribution >= 4 is 22.9 Å². The summed E-state index contributed by atoms with van der Waals surface area (Å²) in [5, 5.41) is 3.39. The molecule has 4 heteroatoms. The van der Waals surface area contributed by atoms with Crippen LogP contribution in [0.1, 0.15) is 25.7 Å². The molecule has 0 radical (unpaired) electrons. The Bertz CT molecular complexity index is 617. The number of hydrogen-bond acceptors (Lipinski definition) is 3. The van der Waals surface area contributed by atoms with Crippen LogP contribution in [0.4, 0.5) is 5.69 Å². The van der Waals surface area contributed by atoms with Crippen LogP contribution in [0, 0.1) is 13.8 Å². The molecule has 1 heterocycles. The van der Waals surface area contributed by atoms with Gasteiger partial charge in [0.2, 0.25) is 0 Å². The fraction of sp³-hybridized carbons (Fsp3) is 0.312. The van der Waals surface area contributed by atoms with Gasteiger partial charge in [0, 0.05) is 41.6 Å². The highest BCUT2D eigenvalue weighted by Crippen LogP contribution is 2.22. The lowest BCUT2D eigenvalue weighted by Crippen LogP contribution is -2.21. The molecule has 0 unspecified atom stereocenters. The molecule has 1 aromatic carbocycles. The number of benzene rings is 1. The van der Waals surface area contributed by atoms with Crippen molar-refractivity contribution in [3.05, 3.63) is 51.2 Å². The van der Waals surface area contributed by atoms with E-state index in [0.29, 0.717) is 5.56 Å². The molecule has 3 nitrogen and oxygen atoms in total. The smallest absolute Gasteiger partial charge is 0.253 e. The molecule has 0 fully saturated rings. The van der Waals surface area contributed by atoms with Gasteiger partial charge >= 0.3 is 0 Å². The minimum atomic E-state index is 0.0243. The van der Waals surface area contributed by atoms with Crippen LogP contribution in [0.3, 0.4) is 0 Å². The highest BCUT2D eigenvalue weighted by Gasteiger charge is 2.08. The Morgan fingerprint density at radius 3 is 2.60 bits per heavy atom. The first-order valence-corrected chi connectivity index (χ1v) is 7.40. The first-order valence-electron chi connectivity index (χ1n) is 6.59. The van der Waals surface area contributed by atoms with Crippen molar-refractivity contribution < 1.29 is 4.79 Å². The summed E-state index contributed by atoms with van der Waals surface area (Å²) in [6.07, 6.45) is 0. The van der Waals surface area contributed by atoms with E-state index >= 15 is 0 Å². The number of aryl methyl sites for hydroxylation is 2. The van der Waals surface area contributed by atoms with E-state index in [1.807, 2.05) is 35.6 Å². The molecule has 0 aliphatic heterocycles. The lowest BCUT2D eigenvalue weighted by molar-refractivity contribution is 0.0827. The normalized spacial score (nSPS) is 10.4. The molecule has 0 spiro atoms. The molecular weight excluding hydrogens is 268 g/mol. The number of nitrogens with zero attached hydrogens (tertiary/aromatic N) is 1. The summed E-state index contributed by atoms with van der Waals surface area (Å²) >= 11 is 1.82. The summed E-state index contributed by atoms with van der Waals surface area (Å²) < 4.78 is 0. The van der Waals surface area contributed by atoms with E-state index in [1.165, 1.54) is 15.3 Å². The second kappa shape index (κ2) is 6.09. The minimum absolute atomic E-state index is 0.0243. The zero-order valence-electron chi connectivity index (χ0n) is 12.4. The third-order valence-corrected chi connectivity index (χ3v) is 4.15. The Hall–Kier alpha value is -1.81. The van der Waals surface area contributed by atoms with Crippen molar-refractivity contribution in [2.24, 2.45) is 0 Å². The van der Waals surface area contributed by atoms with Crippen molar-refractivity contribution in [3.8, 4) is 0 Å². The number of anilines is 1. The standard InChI is InChI=1S/C16H20N2OS/c1-11-8-14(12(2)20-11)10-17-15-7-5-6-13(9-15)16(19)18(3)4/h5-9,17H,10H2,1-4H3. The van der Waals surface area contributed by atoms with E-state index in [9.17, 15) is 4.79 Å². The average molecular weight is 288 g/mol. The molecule has 2 aromatic rings. The molecule has 1 amide bonds. The molecule has 1 aromatic heterocycles. The number of carbonyl (C=O) groups is 1. The molecule has 0 aliphatic rings. The second-order valence-corrected chi connectivity index (χ2v) is 6.53. The number of thiophene rings is 1.